The summed E-state index contributed by atoms with van der Waals surface area (Å²) in [4.78, 5) is 45.2. The van der Waals surface area contributed by atoms with Gasteiger partial charge in [0.15, 0.2) is 16.2 Å². The Labute approximate surface area is 249 Å². The number of imide groups is 1. The molecule has 1 aliphatic heterocycles. The van der Waals surface area contributed by atoms with Crippen molar-refractivity contribution in [1.82, 2.24) is 20.1 Å². The molecule has 3 N–H and O–H groups in total. The molecule has 0 radical (unpaired) electrons. The SMILES string of the molecule is CC(C)(C)OC(=O)N1CCN(CCC(c2ccc3nc(NC(=O)NC(=O)c4ccccc4Cl)sc3c2)S(=O)O)CC1. The second-order valence-electron chi connectivity index (χ2n) is 10.5. The van der Waals surface area contributed by atoms with E-state index in [-0.39, 0.29) is 21.8 Å². The van der Waals surface area contributed by atoms with E-state index in [9.17, 15) is 23.1 Å². The van der Waals surface area contributed by atoms with Gasteiger partial charge in [-0.1, -0.05) is 41.1 Å². The minimum Gasteiger partial charge on any atom is -0.444 e. The number of carbonyl (C=O) groups is 3. The maximum atomic E-state index is 12.4. The molecule has 0 aliphatic carbocycles. The smallest absolute Gasteiger partial charge is 0.410 e. The quantitative estimate of drug-likeness (QED) is 0.309. The van der Waals surface area contributed by atoms with Crippen molar-refractivity contribution in [2.45, 2.75) is 38.0 Å². The molecule has 3 aromatic rings. The summed E-state index contributed by atoms with van der Waals surface area (Å²) in [5, 5.41) is 4.65. The van der Waals surface area contributed by atoms with Gasteiger partial charge in [-0.15, -0.1) is 0 Å². The zero-order valence-corrected chi connectivity index (χ0v) is 25.3. The van der Waals surface area contributed by atoms with Gasteiger partial charge in [0.1, 0.15) is 5.60 Å². The second kappa shape index (κ2) is 13.3. The first-order valence-corrected chi connectivity index (χ1v) is 15.3. The number of thiazole rings is 1. The Morgan fingerprint density at radius 1 is 1.15 bits per heavy atom. The highest BCUT2D eigenvalue weighted by molar-refractivity contribution is 7.79. The van der Waals surface area contributed by atoms with Crippen LogP contribution in [0.3, 0.4) is 0 Å². The molecule has 14 heteroatoms. The fourth-order valence-corrected chi connectivity index (χ4v) is 6.12. The van der Waals surface area contributed by atoms with Gasteiger partial charge in [0, 0.05) is 26.2 Å². The lowest BCUT2D eigenvalue weighted by atomic mass is 10.1. The van der Waals surface area contributed by atoms with Crippen LogP contribution in [0, 0.1) is 0 Å². The first-order chi connectivity index (χ1) is 19.4. The molecular weight excluding hydrogens is 590 g/mol. The van der Waals surface area contributed by atoms with Gasteiger partial charge in [0.25, 0.3) is 5.91 Å². The normalized spacial score (nSPS) is 15.8. The molecule has 4 rings (SSSR count). The van der Waals surface area contributed by atoms with Crippen molar-refractivity contribution < 1.29 is 27.9 Å². The maximum Gasteiger partial charge on any atom is 0.410 e. The van der Waals surface area contributed by atoms with Gasteiger partial charge in [0.05, 0.1) is 26.1 Å². The summed E-state index contributed by atoms with van der Waals surface area (Å²) in [6.45, 7) is 8.44. The number of rotatable bonds is 7. The topological polar surface area (TPSA) is 141 Å². The molecule has 220 valence electrons. The Hall–Kier alpha value is -3.10. The Morgan fingerprint density at radius 3 is 2.51 bits per heavy atom. The number of aromatic nitrogens is 1. The van der Waals surface area contributed by atoms with Crippen LogP contribution < -0.4 is 10.6 Å². The molecule has 2 heterocycles. The van der Waals surface area contributed by atoms with E-state index in [2.05, 4.69) is 20.5 Å². The van der Waals surface area contributed by atoms with E-state index in [1.54, 1.807) is 41.3 Å². The molecule has 11 nitrogen and oxygen atoms in total. The molecule has 1 aliphatic rings. The Morgan fingerprint density at radius 2 is 1.85 bits per heavy atom. The number of urea groups is 1. The van der Waals surface area contributed by atoms with E-state index in [1.165, 1.54) is 17.4 Å². The van der Waals surface area contributed by atoms with Gasteiger partial charge in [-0.3, -0.25) is 20.3 Å². The number of nitrogens with one attached hydrogen (secondary N) is 2. The lowest BCUT2D eigenvalue weighted by molar-refractivity contribution is 0.0144. The first-order valence-electron chi connectivity index (χ1n) is 13.0. The monoisotopic (exact) mass is 621 g/mol. The van der Waals surface area contributed by atoms with E-state index >= 15 is 0 Å². The lowest BCUT2D eigenvalue weighted by Crippen LogP contribution is -2.50. The summed E-state index contributed by atoms with van der Waals surface area (Å²) >= 11 is 5.09. The van der Waals surface area contributed by atoms with Crippen molar-refractivity contribution in [2.75, 3.05) is 38.0 Å². The van der Waals surface area contributed by atoms with E-state index in [0.29, 0.717) is 50.2 Å². The average Bonchev–Trinajstić information content (AvgIpc) is 3.29. The van der Waals surface area contributed by atoms with E-state index in [0.717, 1.165) is 4.70 Å². The number of carbonyl (C=O) groups excluding carboxylic acids is 3. The number of fused-ring (bicyclic) bond motifs is 1. The zero-order valence-electron chi connectivity index (χ0n) is 22.9. The highest BCUT2D eigenvalue weighted by atomic mass is 35.5. The maximum absolute atomic E-state index is 12.4. The van der Waals surface area contributed by atoms with Crippen molar-refractivity contribution in [2.24, 2.45) is 0 Å². The molecule has 0 saturated carbocycles. The second-order valence-corrected chi connectivity index (χ2v) is 13.1. The predicted octanol–water partition coefficient (Wildman–Crippen LogP) is 5.12. The summed E-state index contributed by atoms with van der Waals surface area (Å²) in [6.07, 6.45) is 0.111. The summed E-state index contributed by atoms with van der Waals surface area (Å²) in [5.41, 5.74) is 0.906. The minimum atomic E-state index is -2.11. The van der Waals surface area contributed by atoms with E-state index in [1.807, 2.05) is 20.8 Å². The van der Waals surface area contributed by atoms with Gasteiger partial charge >= 0.3 is 12.1 Å². The van der Waals surface area contributed by atoms with Crippen LogP contribution in [0.2, 0.25) is 5.02 Å². The van der Waals surface area contributed by atoms with Crippen LogP contribution in [0.1, 0.15) is 48.4 Å². The first kappa shape index (κ1) is 30.8. The summed E-state index contributed by atoms with van der Waals surface area (Å²) in [6, 6.07) is 10.9. The standard InChI is InChI=1S/C27H32ClN5O6S2/c1-27(2,3)39-26(36)33-14-12-32(13-15-33)11-10-22(41(37)38)17-8-9-20-21(16-17)40-25(29-20)31-24(35)30-23(34)18-6-4-5-7-19(18)28/h4-9,16,22H,10-15H2,1-3H3,(H,37,38)(H2,29,30,31,34,35). The molecule has 1 aromatic heterocycles. The zero-order chi connectivity index (χ0) is 29.7. The fraction of sp³-hybridized carbons (Fsp3) is 0.407. The number of ether oxygens (including phenoxy) is 1. The van der Waals surface area contributed by atoms with Gasteiger partial charge in [-0.05, 0) is 63.6 Å². The molecule has 1 fully saturated rings. The average molecular weight is 622 g/mol. The van der Waals surface area contributed by atoms with Crippen molar-refractivity contribution >= 4 is 67.4 Å². The third-order valence-corrected chi connectivity index (χ3v) is 8.58. The minimum absolute atomic E-state index is 0.172. The van der Waals surface area contributed by atoms with Crippen molar-refractivity contribution in [3.05, 3.63) is 58.6 Å². The fourth-order valence-electron chi connectivity index (χ4n) is 4.30. The van der Waals surface area contributed by atoms with Crippen LogP contribution in [0.5, 0.6) is 0 Å². The van der Waals surface area contributed by atoms with Crippen LogP contribution in [0.4, 0.5) is 14.7 Å². The Kier molecular flexibility index (Phi) is 9.97. The molecule has 2 atom stereocenters. The van der Waals surface area contributed by atoms with Gasteiger partial charge in [-0.2, -0.15) is 0 Å². The molecule has 2 aromatic carbocycles. The number of halogens is 1. The highest BCUT2D eigenvalue weighted by Crippen LogP contribution is 2.31. The number of anilines is 1. The van der Waals surface area contributed by atoms with Gasteiger partial charge in [0.2, 0.25) is 0 Å². The van der Waals surface area contributed by atoms with Crippen molar-refractivity contribution in [1.29, 1.82) is 0 Å². The molecule has 41 heavy (non-hydrogen) atoms. The number of benzene rings is 2. The largest absolute Gasteiger partial charge is 0.444 e. The number of nitrogens with zero attached hydrogens (tertiary/aromatic N) is 3. The highest BCUT2D eigenvalue weighted by Gasteiger charge is 2.27. The number of piperazine rings is 1. The molecular formula is C27H32ClN5O6S2. The summed E-state index contributed by atoms with van der Waals surface area (Å²) in [7, 11) is 0. The number of amides is 4. The number of hydrogen-bond acceptors (Lipinski definition) is 8. The van der Waals surface area contributed by atoms with E-state index in [4.69, 9.17) is 16.3 Å². The van der Waals surface area contributed by atoms with Crippen LogP contribution in [0.15, 0.2) is 42.5 Å². The third kappa shape index (κ3) is 8.46. The van der Waals surface area contributed by atoms with Crippen LogP contribution in [0.25, 0.3) is 10.2 Å². The van der Waals surface area contributed by atoms with Crippen molar-refractivity contribution in [3.8, 4) is 0 Å². The predicted molar refractivity (Wildman–Crippen MR) is 160 cm³/mol. The van der Waals surface area contributed by atoms with Crippen LogP contribution >= 0.6 is 22.9 Å². The summed E-state index contributed by atoms with van der Waals surface area (Å²) in [5.74, 6) is -0.643. The van der Waals surface area contributed by atoms with Crippen LogP contribution in [-0.2, 0) is 15.8 Å². The van der Waals surface area contributed by atoms with Gasteiger partial charge in [-0.25, -0.2) is 18.8 Å². The lowest BCUT2D eigenvalue weighted by Gasteiger charge is -2.36. The van der Waals surface area contributed by atoms with Gasteiger partial charge < -0.3 is 14.2 Å². The Balaban J connectivity index is 1.34. The molecule has 1 saturated heterocycles. The molecule has 0 spiro atoms. The number of hydrogen-bond donors (Lipinski definition) is 3. The van der Waals surface area contributed by atoms with Crippen molar-refractivity contribution in [3.63, 3.8) is 0 Å². The van der Waals surface area contributed by atoms with E-state index < -0.39 is 33.9 Å². The molecule has 0 bridgehead atoms. The Bertz CT molecular complexity index is 1450. The summed E-state index contributed by atoms with van der Waals surface area (Å²) < 4.78 is 28.5. The third-order valence-electron chi connectivity index (χ3n) is 6.33. The molecule has 2 unspecified atom stereocenters. The molecule has 4 amide bonds. The van der Waals surface area contributed by atoms with Crippen LogP contribution in [-0.4, -0.2) is 79.9 Å².